The van der Waals surface area contributed by atoms with Gasteiger partial charge in [0.2, 0.25) is 0 Å². The van der Waals surface area contributed by atoms with Gasteiger partial charge in [0.05, 0.1) is 21.7 Å². The van der Waals surface area contributed by atoms with Gasteiger partial charge >= 0.3 is 0 Å². The molecule has 3 nitrogen and oxygen atoms in total. The fraction of sp³-hybridized carbons (Fsp3) is 0.333. The highest BCUT2D eigenvalue weighted by Gasteiger charge is 2.24. The van der Waals surface area contributed by atoms with Crippen molar-refractivity contribution >= 4 is 28.1 Å². The molecular formula is C21H22N2OS. The maximum Gasteiger partial charge on any atom is 0.254 e. The standard InChI is InChI=1S/C21H22N2OS/c1-14-7-9-23(10-8-14)21(24)17-13-19(20-4-3-11-25-20)22-18-6-5-15(2)12-16(17)18/h3-6,11-14H,7-10H2,1-2H3. The van der Waals surface area contributed by atoms with Crippen LogP contribution in [0.25, 0.3) is 21.5 Å². The molecule has 1 aliphatic heterocycles. The molecule has 1 aromatic carbocycles. The lowest BCUT2D eigenvalue weighted by Gasteiger charge is -2.30. The number of thiophene rings is 1. The summed E-state index contributed by atoms with van der Waals surface area (Å²) in [4.78, 5) is 21.2. The number of aryl methyl sites for hydroxylation is 1. The molecule has 1 amide bonds. The van der Waals surface area contributed by atoms with Gasteiger partial charge in [-0.05, 0) is 55.3 Å². The van der Waals surface area contributed by atoms with E-state index in [-0.39, 0.29) is 5.91 Å². The predicted molar refractivity (Wildman–Crippen MR) is 104 cm³/mol. The Kier molecular flexibility index (Phi) is 4.30. The Morgan fingerprint density at radius 3 is 2.72 bits per heavy atom. The van der Waals surface area contributed by atoms with E-state index in [1.807, 2.05) is 28.5 Å². The number of piperidine rings is 1. The molecule has 0 atom stereocenters. The fourth-order valence-electron chi connectivity index (χ4n) is 3.45. The molecule has 0 N–H and O–H groups in total. The van der Waals surface area contributed by atoms with Crippen LogP contribution >= 0.6 is 11.3 Å². The molecule has 25 heavy (non-hydrogen) atoms. The first-order valence-corrected chi connectivity index (χ1v) is 9.74. The van der Waals surface area contributed by atoms with Crippen molar-refractivity contribution in [2.45, 2.75) is 26.7 Å². The smallest absolute Gasteiger partial charge is 0.254 e. The van der Waals surface area contributed by atoms with E-state index in [9.17, 15) is 4.79 Å². The third kappa shape index (κ3) is 3.19. The summed E-state index contributed by atoms with van der Waals surface area (Å²) in [6, 6.07) is 12.2. The summed E-state index contributed by atoms with van der Waals surface area (Å²) < 4.78 is 0. The molecule has 4 heteroatoms. The number of hydrogen-bond acceptors (Lipinski definition) is 3. The zero-order chi connectivity index (χ0) is 17.4. The molecule has 3 aromatic rings. The van der Waals surface area contributed by atoms with Crippen molar-refractivity contribution in [2.75, 3.05) is 13.1 Å². The number of pyridine rings is 1. The molecule has 0 radical (unpaired) electrons. The second-order valence-electron chi connectivity index (χ2n) is 7.03. The molecule has 2 aromatic heterocycles. The zero-order valence-electron chi connectivity index (χ0n) is 14.7. The van der Waals surface area contributed by atoms with Crippen LogP contribution < -0.4 is 0 Å². The number of carbonyl (C=O) groups excluding carboxylic acids is 1. The fourth-order valence-corrected chi connectivity index (χ4v) is 4.14. The van der Waals surface area contributed by atoms with Gasteiger partial charge < -0.3 is 4.90 Å². The summed E-state index contributed by atoms with van der Waals surface area (Å²) in [6.45, 7) is 6.03. The summed E-state index contributed by atoms with van der Waals surface area (Å²) >= 11 is 1.66. The molecule has 4 rings (SSSR count). The molecule has 0 aliphatic carbocycles. The number of aromatic nitrogens is 1. The number of nitrogens with zero attached hydrogens (tertiary/aromatic N) is 2. The van der Waals surface area contributed by atoms with E-state index in [1.54, 1.807) is 11.3 Å². The number of likely N-dealkylation sites (tertiary alicyclic amines) is 1. The molecule has 128 valence electrons. The highest BCUT2D eigenvalue weighted by atomic mass is 32.1. The molecule has 1 aliphatic rings. The lowest BCUT2D eigenvalue weighted by molar-refractivity contribution is 0.0699. The van der Waals surface area contributed by atoms with E-state index >= 15 is 0 Å². The number of rotatable bonds is 2. The first-order chi connectivity index (χ1) is 12.1. The van der Waals surface area contributed by atoms with Crippen LogP contribution in [0.2, 0.25) is 0 Å². The lowest BCUT2D eigenvalue weighted by Crippen LogP contribution is -2.38. The van der Waals surface area contributed by atoms with E-state index < -0.39 is 0 Å². The van der Waals surface area contributed by atoms with Crippen LogP contribution in [0.5, 0.6) is 0 Å². The predicted octanol–water partition coefficient (Wildman–Crippen LogP) is 5.14. The van der Waals surface area contributed by atoms with E-state index in [4.69, 9.17) is 4.98 Å². The molecular weight excluding hydrogens is 328 g/mol. The maximum atomic E-state index is 13.3. The highest BCUT2D eigenvalue weighted by Crippen LogP contribution is 2.30. The van der Waals surface area contributed by atoms with Crippen LogP contribution in [0, 0.1) is 12.8 Å². The molecule has 1 fully saturated rings. The van der Waals surface area contributed by atoms with Crippen molar-refractivity contribution < 1.29 is 4.79 Å². The highest BCUT2D eigenvalue weighted by molar-refractivity contribution is 7.13. The number of amides is 1. The Morgan fingerprint density at radius 2 is 2.00 bits per heavy atom. The third-order valence-electron chi connectivity index (χ3n) is 5.04. The van der Waals surface area contributed by atoms with Crippen molar-refractivity contribution in [3.63, 3.8) is 0 Å². The molecule has 0 unspecified atom stereocenters. The monoisotopic (exact) mass is 350 g/mol. The Balaban J connectivity index is 1.82. The average Bonchev–Trinajstić information content (AvgIpc) is 3.15. The summed E-state index contributed by atoms with van der Waals surface area (Å²) in [7, 11) is 0. The van der Waals surface area contributed by atoms with E-state index in [2.05, 4.69) is 32.0 Å². The minimum atomic E-state index is 0.141. The Bertz CT molecular complexity index is 909. The van der Waals surface area contributed by atoms with Gasteiger partial charge in [0.15, 0.2) is 0 Å². The van der Waals surface area contributed by atoms with Crippen LogP contribution in [0.3, 0.4) is 0 Å². The molecule has 3 heterocycles. The average molecular weight is 350 g/mol. The second-order valence-corrected chi connectivity index (χ2v) is 7.98. The van der Waals surface area contributed by atoms with Gasteiger partial charge in [0, 0.05) is 18.5 Å². The van der Waals surface area contributed by atoms with E-state index in [0.29, 0.717) is 5.92 Å². The molecule has 0 bridgehead atoms. The Hall–Kier alpha value is -2.20. The van der Waals surface area contributed by atoms with Crippen LogP contribution in [0.15, 0.2) is 41.8 Å². The van der Waals surface area contributed by atoms with Crippen molar-refractivity contribution in [3.05, 3.63) is 52.9 Å². The van der Waals surface area contributed by atoms with Crippen LogP contribution in [-0.4, -0.2) is 28.9 Å². The number of benzene rings is 1. The van der Waals surface area contributed by atoms with Gasteiger partial charge in [-0.1, -0.05) is 24.6 Å². The van der Waals surface area contributed by atoms with E-state index in [0.717, 1.165) is 58.5 Å². The summed E-state index contributed by atoms with van der Waals surface area (Å²) in [5, 5.41) is 3.01. The lowest BCUT2D eigenvalue weighted by atomic mass is 9.97. The summed E-state index contributed by atoms with van der Waals surface area (Å²) in [6.07, 6.45) is 2.18. The van der Waals surface area contributed by atoms with Crippen molar-refractivity contribution in [1.29, 1.82) is 0 Å². The topological polar surface area (TPSA) is 33.2 Å². The van der Waals surface area contributed by atoms with Gasteiger partial charge in [-0.2, -0.15) is 0 Å². The van der Waals surface area contributed by atoms with Gasteiger partial charge in [0.1, 0.15) is 0 Å². The Labute approximate surface area is 152 Å². The minimum Gasteiger partial charge on any atom is -0.339 e. The van der Waals surface area contributed by atoms with Crippen molar-refractivity contribution in [1.82, 2.24) is 9.88 Å². The normalized spacial score (nSPS) is 15.7. The third-order valence-corrected chi connectivity index (χ3v) is 5.93. The van der Waals surface area contributed by atoms with Gasteiger partial charge in [-0.3, -0.25) is 4.79 Å². The minimum absolute atomic E-state index is 0.141. The van der Waals surface area contributed by atoms with E-state index in [1.165, 1.54) is 0 Å². The first-order valence-electron chi connectivity index (χ1n) is 8.86. The summed E-state index contributed by atoms with van der Waals surface area (Å²) in [5.74, 6) is 0.852. The van der Waals surface area contributed by atoms with Gasteiger partial charge in [-0.25, -0.2) is 4.98 Å². The maximum absolute atomic E-state index is 13.3. The van der Waals surface area contributed by atoms with Gasteiger partial charge in [0.25, 0.3) is 5.91 Å². The van der Waals surface area contributed by atoms with Crippen LogP contribution in [0.1, 0.15) is 35.7 Å². The number of fused-ring (bicyclic) bond motifs is 1. The molecule has 0 spiro atoms. The van der Waals surface area contributed by atoms with Crippen molar-refractivity contribution in [2.24, 2.45) is 5.92 Å². The van der Waals surface area contributed by atoms with Crippen LogP contribution in [-0.2, 0) is 0 Å². The number of hydrogen-bond donors (Lipinski definition) is 0. The molecule has 1 saturated heterocycles. The van der Waals surface area contributed by atoms with Crippen molar-refractivity contribution in [3.8, 4) is 10.6 Å². The first kappa shape index (κ1) is 16.3. The SMILES string of the molecule is Cc1ccc2nc(-c3cccs3)cc(C(=O)N3CCC(C)CC3)c2c1. The largest absolute Gasteiger partial charge is 0.339 e. The Morgan fingerprint density at radius 1 is 1.20 bits per heavy atom. The quantitative estimate of drug-likeness (QED) is 0.641. The molecule has 0 saturated carbocycles. The second kappa shape index (κ2) is 6.60. The number of carbonyl (C=O) groups is 1. The van der Waals surface area contributed by atoms with Gasteiger partial charge in [-0.15, -0.1) is 11.3 Å². The summed E-state index contributed by atoms with van der Waals surface area (Å²) in [5.41, 5.74) is 3.72. The zero-order valence-corrected chi connectivity index (χ0v) is 15.5. The van der Waals surface area contributed by atoms with Crippen LogP contribution in [0.4, 0.5) is 0 Å².